The van der Waals surface area contributed by atoms with Gasteiger partial charge in [-0.25, -0.2) is 0 Å². The van der Waals surface area contributed by atoms with Crippen molar-refractivity contribution >= 4 is 11.9 Å². The van der Waals surface area contributed by atoms with E-state index >= 15 is 0 Å². The number of carbonyl (C=O) groups is 1. The fourth-order valence-corrected chi connectivity index (χ4v) is 2.90. The molecule has 2 aromatic carbocycles. The molecular weight excluding hydrogens is 388 g/mol. The Labute approximate surface area is 173 Å². The van der Waals surface area contributed by atoms with Gasteiger partial charge in [0.15, 0.2) is 28.8 Å². The summed E-state index contributed by atoms with van der Waals surface area (Å²) in [4.78, 5) is 12.4. The van der Waals surface area contributed by atoms with Gasteiger partial charge in [0.2, 0.25) is 5.75 Å². The summed E-state index contributed by atoms with van der Waals surface area (Å²) in [7, 11) is 6.07. The maximum Gasteiger partial charge on any atom is 0.203 e. The fraction of sp³-hybridized carbons (Fsp3) is 0.182. The topological polar surface area (TPSA) is 103 Å². The second kappa shape index (κ2) is 9.04. The molecule has 1 aromatic heterocycles. The number of benzene rings is 2. The van der Waals surface area contributed by atoms with Gasteiger partial charge in [0.25, 0.3) is 0 Å². The number of aromatic hydroxyl groups is 1. The van der Waals surface area contributed by atoms with Gasteiger partial charge < -0.3 is 24.1 Å². The molecule has 0 radical (unpaired) electrons. The van der Waals surface area contributed by atoms with Crippen molar-refractivity contribution in [3.63, 3.8) is 0 Å². The summed E-state index contributed by atoms with van der Waals surface area (Å²) >= 11 is 0. The van der Waals surface area contributed by atoms with Gasteiger partial charge in [-0.1, -0.05) is 0 Å². The van der Waals surface area contributed by atoms with Gasteiger partial charge in [0, 0.05) is 11.1 Å². The van der Waals surface area contributed by atoms with Gasteiger partial charge >= 0.3 is 0 Å². The Balaban J connectivity index is 1.83. The van der Waals surface area contributed by atoms with E-state index in [2.05, 4.69) is 10.2 Å². The Morgan fingerprint density at radius 1 is 0.933 bits per heavy atom. The van der Waals surface area contributed by atoms with Crippen molar-refractivity contribution in [3.8, 4) is 40.0 Å². The average Bonchev–Trinajstić information content (AvgIpc) is 3.25. The van der Waals surface area contributed by atoms with Crippen molar-refractivity contribution in [2.24, 2.45) is 0 Å². The number of nitrogens with one attached hydrogen (secondary N) is 1. The van der Waals surface area contributed by atoms with E-state index < -0.39 is 0 Å². The predicted octanol–water partition coefficient (Wildman–Crippen LogP) is 3.71. The van der Waals surface area contributed by atoms with E-state index in [0.29, 0.717) is 39.9 Å². The highest BCUT2D eigenvalue weighted by atomic mass is 16.5. The third-order valence-corrected chi connectivity index (χ3v) is 4.44. The van der Waals surface area contributed by atoms with Crippen molar-refractivity contribution in [2.75, 3.05) is 28.4 Å². The molecule has 0 aliphatic rings. The van der Waals surface area contributed by atoms with E-state index in [0.717, 1.165) is 5.56 Å². The van der Waals surface area contributed by atoms with Gasteiger partial charge in [0.1, 0.15) is 0 Å². The number of carbonyl (C=O) groups excluding carboxylic acids is 1. The van der Waals surface area contributed by atoms with Crippen molar-refractivity contribution in [2.45, 2.75) is 0 Å². The van der Waals surface area contributed by atoms with Crippen LogP contribution in [0, 0.1) is 0 Å². The third-order valence-electron chi connectivity index (χ3n) is 4.44. The van der Waals surface area contributed by atoms with Crippen LogP contribution in [-0.4, -0.2) is 49.5 Å². The maximum atomic E-state index is 12.4. The molecule has 3 aromatic rings. The zero-order valence-corrected chi connectivity index (χ0v) is 17.1. The zero-order chi connectivity index (χ0) is 21.7. The largest absolute Gasteiger partial charge is 0.504 e. The number of hydrogen-bond acceptors (Lipinski definition) is 7. The number of rotatable bonds is 8. The standard InChI is InChI=1S/C22H22N2O6/c1-27-19-8-5-13(9-18(19)26)17(25)7-6-15-12-16(24-23-15)14-10-20(28-2)22(30-4)21(11-14)29-3/h5-12,26H,1-4H3,(H,23,24). The van der Waals surface area contributed by atoms with Crippen LogP contribution in [-0.2, 0) is 0 Å². The summed E-state index contributed by atoms with van der Waals surface area (Å²) in [5, 5.41) is 17.0. The van der Waals surface area contributed by atoms with Crippen LogP contribution in [0.2, 0.25) is 0 Å². The minimum absolute atomic E-state index is 0.0945. The Hall–Kier alpha value is -3.94. The molecule has 1 heterocycles. The number of aromatic nitrogens is 2. The molecule has 0 fully saturated rings. The number of methoxy groups -OCH3 is 4. The first kappa shape index (κ1) is 20.8. The summed E-state index contributed by atoms with van der Waals surface area (Å²) < 4.78 is 21.1. The van der Waals surface area contributed by atoms with Gasteiger partial charge in [0.05, 0.1) is 39.8 Å². The highest BCUT2D eigenvalue weighted by Crippen LogP contribution is 2.40. The molecule has 0 unspecified atom stereocenters. The van der Waals surface area contributed by atoms with E-state index in [1.165, 1.54) is 32.4 Å². The first-order chi connectivity index (χ1) is 14.5. The Morgan fingerprint density at radius 2 is 1.60 bits per heavy atom. The number of allylic oxidation sites excluding steroid dienone is 1. The van der Waals surface area contributed by atoms with Gasteiger partial charge in [-0.3, -0.25) is 9.89 Å². The third kappa shape index (κ3) is 4.22. The lowest BCUT2D eigenvalue weighted by Crippen LogP contribution is -1.95. The molecule has 8 heteroatoms. The van der Waals surface area contributed by atoms with Crippen molar-refractivity contribution in [1.82, 2.24) is 10.2 Å². The fourth-order valence-electron chi connectivity index (χ4n) is 2.90. The zero-order valence-electron chi connectivity index (χ0n) is 17.1. The number of phenolic OH excluding ortho intramolecular Hbond substituents is 1. The smallest absolute Gasteiger partial charge is 0.203 e. The molecule has 0 aliphatic heterocycles. The Morgan fingerprint density at radius 3 is 2.17 bits per heavy atom. The molecule has 2 N–H and O–H groups in total. The number of aromatic amines is 1. The first-order valence-corrected chi connectivity index (χ1v) is 8.96. The SMILES string of the molecule is COc1ccc(C(=O)C=Cc2cc(-c3cc(OC)c(OC)c(OC)c3)n[nH]2)cc1O. The molecule has 30 heavy (non-hydrogen) atoms. The molecule has 8 nitrogen and oxygen atoms in total. The van der Waals surface area contributed by atoms with Crippen LogP contribution in [0.4, 0.5) is 0 Å². The number of H-pyrrole nitrogens is 1. The van der Waals surface area contributed by atoms with Gasteiger partial charge in [-0.2, -0.15) is 5.10 Å². The average molecular weight is 410 g/mol. The Kier molecular flexibility index (Phi) is 6.26. The first-order valence-electron chi connectivity index (χ1n) is 8.96. The van der Waals surface area contributed by atoms with Crippen molar-refractivity contribution in [3.05, 3.63) is 53.7 Å². The second-order valence-corrected chi connectivity index (χ2v) is 6.21. The summed E-state index contributed by atoms with van der Waals surface area (Å²) in [6, 6.07) is 9.84. The van der Waals surface area contributed by atoms with Crippen LogP contribution in [0.3, 0.4) is 0 Å². The predicted molar refractivity (Wildman–Crippen MR) is 112 cm³/mol. The van der Waals surface area contributed by atoms with Crippen LogP contribution in [0.1, 0.15) is 16.1 Å². The van der Waals surface area contributed by atoms with Crippen LogP contribution in [0.15, 0.2) is 42.5 Å². The molecule has 3 rings (SSSR count). The molecule has 156 valence electrons. The molecule has 0 bridgehead atoms. The van der Waals surface area contributed by atoms with Gasteiger partial charge in [-0.05, 0) is 48.6 Å². The summed E-state index contributed by atoms with van der Waals surface area (Å²) in [6.07, 6.45) is 3.01. The minimum atomic E-state index is -0.267. The van der Waals surface area contributed by atoms with E-state index in [1.807, 2.05) is 0 Å². The number of ketones is 1. The van der Waals surface area contributed by atoms with Crippen LogP contribution in [0.5, 0.6) is 28.7 Å². The molecule has 0 saturated heterocycles. The minimum Gasteiger partial charge on any atom is -0.504 e. The quantitative estimate of drug-likeness (QED) is 0.431. The number of hydrogen-bond donors (Lipinski definition) is 2. The summed E-state index contributed by atoms with van der Waals surface area (Å²) in [6.45, 7) is 0. The lowest BCUT2D eigenvalue weighted by atomic mass is 10.1. The van der Waals surface area contributed by atoms with Crippen molar-refractivity contribution < 1.29 is 28.8 Å². The highest BCUT2D eigenvalue weighted by molar-refractivity contribution is 6.07. The lowest BCUT2D eigenvalue weighted by Gasteiger charge is -2.13. The van der Waals surface area contributed by atoms with Crippen LogP contribution in [0.25, 0.3) is 17.3 Å². The number of phenols is 1. The lowest BCUT2D eigenvalue weighted by molar-refractivity contribution is 0.104. The molecule has 0 atom stereocenters. The summed E-state index contributed by atoms with van der Waals surface area (Å²) in [5.74, 6) is 1.47. The normalized spacial score (nSPS) is 10.8. The second-order valence-electron chi connectivity index (χ2n) is 6.21. The molecule has 0 amide bonds. The monoisotopic (exact) mass is 410 g/mol. The summed E-state index contributed by atoms with van der Waals surface area (Å²) in [5.41, 5.74) is 2.37. The molecule has 0 saturated carbocycles. The van der Waals surface area contributed by atoms with Crippen LogP contribution < -0.4 is 18.9 Å². The van der Waals surface area contributed by atoms with Gasteiger partial charge in [-0.15, -0.1) is 0 Å². The van der Waals surface area contributed by atoms with Crippen LogP contribution >= 0.6 is 0 Å². The van der Waals surface area contributed by atoms with E-state index in [-0.39, 0.29) is 11.5 Å². The number of ether oxygens (including phenoxy) is 4. The molecular formula is C22H22N2O6. The number of nitrogens with zero attached hydrogens (tertiary/aromatic N) is 1. The molecule has 0 aliphatic carbocycles. The Bertz CT molecular complexity index is 1060. The van der Waals surface area contributed by atoms with Crippen molar-refractivity contribution in [1.29, 1.82) is 0 Å². The highest BCUT2D eigenvalue weighted by Gasteiger charge is 2.15. The van der Waals surface area contributed by atoms with E-state index in [1.54, 1.807) is 44.6 Å². The maximum absolute atomic E-state index is 12.4. The van der Waals surface area contributed by atoms with E-state index in [4.69, 9.17) is 18.9 Å². The molecule has 0 spiro atoms. The van der Waals surface area contributed by atoms with E-state index in [9.17, 15) is 9.90 Å².